The Balaban J connectivity index is 2.27. The fraction of sp³-hybridized carbons (Fsp3) is 0.579. The minimum Gasteiger partial charge on any atom is -0.379 e. The summed E-state index contributed by atoms with van der Waals surface area (Å²) in [4.78, 5) is 15.6. The fourth-order valence-electron chi connectivity index (χ4n) is 2.10. The topological polar surface area (TPSA) is 98.0 Å². The molecule has 0 spiro atoms. The average molecular weight is 364 g/mol. The van der Waals surface area contributed by atoms with Crippen LogP contribution in [0, 0.1) is 0 Å². The molecule has 0 aliphatic carbocycles. The molecular formula is C19H32N4O3. The van der Waals surface area contributed by atoms with Crippen molar-refractivity contribution in [3.05, 3.63) is 35.4 Å². The monoisotopic (exact) mass is 364 g/mol. The number of primary amides is 1. The van der Waals surface area contributed by atoms with Crippen LogP contribution in [0.25, 0.3) is 0 Å². The van der Waals surface area contributed by atoms with E-state index in [0.717, 1.165) is 37.5 Å². The van der Waals surface area contributed by atoms with Crippen molar-refractivity contribution >= 4 is 11.9 Å². The first-order valence-corrected chi connectivity index (χ1v) is 9.23. The van der Waals surface area contributed by atoms with Crippen LogP contribution in [0.1, 0.15) is 42.6 Å². The third kappa shape index (κ3) is 10.0. The van der Waals surface area contributed by atoms with Crippen LogP contribution < -0.4 is 16.4 Å². The third-order valence-electron chi connectivity index (χ3n) is 3.56. The predicted molar refractivity (Wildman–Crippen MR) is 104 cm³/mol. The highest BCUT2D eigenvalue weighted by Crippen LogP contribution is 2.05. The molecule has 7 heteroatoms. The van der Waals surface area contributed by atoms with Gasteiger partial charge in [-0.05, 0) is 31.0 Å². The maximum Gasteiger partial charge on any atom is 0.248 e. The normalized spacial score (nSPS) is 11.4. The zero-order valence-electron chi connectivity index (χ0n) is 15.9. The van der Waals surface area contributed by atoms with E-state index in [1.54, 1.807) is 12.1 Å². The van der Waals surface area contributed by atoms with Gasteiger partial charge in [-0.2, -0.15) is 0 Å². The second-order valence-corrected chi connectivity index (χ2v) is 5.76. The van der Waals surface area contributed by atoms with Crippen molar-refractivity contribution in [3.8, 4) is 0 Å². The molecule has 0 fully saturated rings. The summed E-state index contributed by atoms with van der Waals surface area (Å²) in [6, 6.07) is 7.14. The standard InChI is InChI=1S/C19H32N4O3/c1-3-5-11-25-13-14-26-12-10-22-19(21-4-2)23-15-16-6-8-17(9-7-16)18(20)24/h6-9H,3-5,10-15H2,1-2H3,(H2,20,24)(H2,21,22,23). The van der Waals surface area contributed by atoms with Gasteiger partial charge in [-0.25, -0.2) is 4.99 Å². The van der Waals surface area contributed by atoms with Gasteiger partial charge in [-0.3, -0.25) is 4.79 Å². The van der Waals surface area contributed by atoms with Gasteiger partial charge >= 0.3 is 0 Å². The molecule has 7 nitrogen and oxygen atoms in total. The van der Waals surface area contributed by atoms with Crippen LogP contribution in [-0.2, 0) is 16.0 Å². The molecule has 0 atom stereocenters. The van der Waals surface area contributed by atoms with Crippen LogP contribution in [-0.4, -0.2) is 51.4 Å². The molecule has 0 saturated carbocycles. The number of rotatable bonds is 13. The van der Waals surface area contributed by atoms with E-state index in [2.05, 4.69) is 22.5 Å². The van der Waals surface area contributed by atoms with Crippen LogP contribution in [0.15, 0.2) is 29.3 Å². The zero-order valence-corrected chi connectivity index (χ0v) is 15.9. The van der Waals surface area contributed by atoms with Gasteiger partial charge < -0.3 is 25.8 Å². The maximum atomic E-state index is 11.1. The first kappa shape index (κ1) is 21.9. The zero-order chi connectivity index (χ0) is 19.0. The molecule has 1 rings (SSSR count). The highest BCUT2D eigenvalue weighted by atomic mass is 16.5. The summed E-state index contributed by atoms with van der Waals surface area (Å²) in [6.07, 6.45) is 2.24. The minimum absolute atomic E-state index is 0.425. The second kappa shape index (κ2) is 14.1. The molecule has 0 saturated heterocycles. The first-order valence-electron chi connectivity index (χ1n) is 9.23. The van der Waals surface area contributed by atoms with E-state index >= 15 is 0 Å². The molecule has 0 aliphatic rings. The van der Waals surface area contributed by atoms with Gasteiger partial charge in [0.2, 0.25) is 5.91 Å². The summed E-state index contributed by atoms with van der Waals surface area (Å²) >= 11 is 0. The van der Waals surface area contributed by atoms with Gasteiger partial charge in [-0.1, -0.05) is 25.5 Å². The maximum absolute atomic E-state index is 11.1. The van der Waals surface area contributed by atoms with Crippen LogP contribution in [0.5, 0.6) is 0 Å². The van der Waals surface area contributed by atoms with Gasteiger partial charge in [0, 0.05) is 25.3 Å². The van der Waals surface area contributed by atoms with Crippen molar-refractivity contribution in [2.24, 2.45) is 10.7 Å². The van der Waals surface area contributed by atoms with E-state index in [1.807, 2.05) is 19.1 Å². The van der Waals surface area contributed by atoms with Crippen molar-refractivity contribution < 1.29 is 14.3 Å². The van der Waals surface area contributed by atoms with Crippen molar-refractivity contribution in [1.29, 1.82) is 0 Å². The number of unbranched alkanes of at least 4 members (excludes halogenated alkanes) is 1. The van der Waals surface area contributed by atoms with E-state index in [-0.39, 0.29) is 0 Å². The number of carbonyl (C=O) groups is 1. The fourth-order valence-corrected chi connectivity index (χ4v) is 2.10. The van der Waals surface area contributed by atoms with Crippen molar-refractivity contribution in [1.82, 2.24) is 10.6 Å². The summed E-state index contributed by atoms with van der Waals surface area (Å²) < 4.78 is 11.0. The largest absolute Gasteiger partial charge is 0.379 e. The van der Waals surface area contributed by atoms with Gasteiger partial charge in [0.1, 0.15) is 0 Å². The van der Waals surface area contributed by atoms with E-state index in [9.17, 15) is 4.79 Å². The lowest BCUT2D eigenvalue weighted by molar-refractivity contribution is 0.0487. The van der Waals surface area contributed by atoms with Gasteiger partial charge in [0.05, 0.1) is 26.4 Å². The SMILES string of the molecule is CCCCOCCOCCNC(=NCc1ccc(C(N)=O)cc1)NCC. The Morgan fingerprint density at radius 3 is 2.35 bits per heavy atom. The van der Waals surface area contributed by atoms with Crippen LogP contribution in [0.4, 0.5) is 0 Å². The average Bonchev–Trinajstić information content (AvgIpc) is 2.65. The van der Waals surface area contributed by atoms with Crippen LogP contribution >= 0.6 is 0 Å². The molecule has 0 radical (unpaired) electrons. The Kier molecular flexibility index (Phi) is 11.9. The highest BCUT2D eigenvalue weighted by Gasteiger charge is 2.01. The summed E-state index contributed by atoms with van der Waals surface area (Å²) in [6.45, 7) is 8.75. The van der Waals surface area contributed by atoms with Crippen LogP contribution in [0.3, 0.4) is 0 Å². The van der Waals surface area contributed by atoms with Crippen molar-refractivity contribution in [2.45, 2.75) is 33.2 Å². The number of aliphatic imine (C=N–C) groups is 1. The van der Waals surface area contributed by atoms with E-state index in [4.69, 9.17) is 15.2 Å². The highest BCUT2D eigenvalue weighted by molar-refractivity contribution is 5.92. The number of amides is 1. The molecule has 0 aromatic heterocycles. The predicted octanol–water partition coefficient (Wildman–Crippen LogP) is 1.67. The molecular weight excluding hydrogens is 332 g/mol. The Bertz CT molecular complexity index is 532. The summed E-state index contributed by atoms with van der Waals surface area (Å²) in [5.74, 6) is 0.306. The third-order valence-corrected chi connectivity index (χ3v) is 3.56. The Morgan fingerprint density at radius 1 is 1.04 bits per heavy atom. The number of nitrogens with zero attached hydrogens (tertiary/aromatic N) is 1. The first-order chi connectivity index (χ1) is 12.7. The number of hydrogen-bond acceptors (Lipinski definition) is 4. The lowest BCUT2D eigenvalue weighted by Gasteiger charge is -2.12. The quantitative estimate of drug-likeness (QED) is 0.281. The van der Waals surface area contributed by atoms with Crippen molar-refractivity contribution in [2.75, 3.05) is 39.5 Å². The molecule has 1 amide bonds. The molecule has 0 aliphatic heterocycles. The number of ether oxygens (including phenoxy) is 2. The molecule has 146 valence electrons. The summed E-state index contributed by atoms with van der Waals surface area (Å²) in [7, 11) is 0. The van der Waals surface area contributed by atoms with E-state index in [1.165, 1.54) is 0 Å². The smallest absolute Gasteiger partial charge is 0.248 e. The minimum atomic E-state index is -0.425. The van der Waals surface area contributed by atoms with Crippen LogP contribution in [0.2, 0.25) is 0 Å². The number of guanidine groups is 1. The molecule has 1 aromatic carbocycles. The molecule has 0 heterocycles. The molecule has 1 aromatic rings. The number of hydrogen-bond donors (Lipinski definition) is 3. The number of carbonyl (C=O) groups excluding carboxylic acids is 1. The molecule has 4 N–H and O–H groups in total. The summed E-state index contributed by atoms with van der Waals surface area (Å²) in [5.41, 5.74) is 6.74. The molecule has 26 heavy (non-hydrogen) atoms. The van der Waals surface area contributed by atoms with E-state index < -0.39 is 5.91 Å². The lowest BCUT2D eigenvalue weighted by Crippen LogP contribution is -2.39. The van der Waals surface area contributed by atoms with E-state index in [0.29, 0.717) is 38.5 Å². The lowest BCUT2D eigenvalue weighted by atomic mass is 10.1. The number of nitrogens with two attached hydrogens (primary N) is 1. The Hall–Kier alpha value is -2.12. The Morgan fingerprint density at radius 2 is 1.73 bits per heavy atom. The van der Waals surface area contributed by atoms with Crippen molar-refractivity contribution in [3.63, 3.8) is 0 Å². The molecule has 0 unspecified atom stereocenters. The van der Waals surface area contributed by atoms with Gasteiger partial charge in [0.15, 0.2) is 5.96 Å². The van der Waals surface area contributed by atoms with Gasteiger partial charge in [0.25, 0.3) is 0 Å². The van der Waals surface area contributed by atoms with Gasteiger partial charge in [-0.15, -0.1) is 0 Å². The second-order valence-electron chi connectivity index (χ2n) is 5.76. The molecule has 0 bridgehead atoms. The summed E-state index contributed by atoms with van der Waals surface area (Å²) in [5, 5.41) is 6.42. The number of nitrogens with one attached hydrogen (secondary N) is 2. The number of benzene rings is 1. The Labute approximate surface area is 156 Å².